The molecule has 4 rings (SSSR count). The van der Waals surface area contributed by atoms with E-state index in [9.17, 15) is 9.59 Å². The van der Waals surface area contributed by atoms with E-state index in [0.29, 0.717) is 11.4 Å². The molecule has 1 aliphatic carbocycles. The number of esters is 1. The average molecular weight is 432 g/mol. The van der Waals surface area contributed by atoms with Crippen LogP contribution in [-0.4, -0.2) is 32.1 Å². The number of para-hydroxylation sites is 2. The summed E-state index contributed by atoms with van der Waals surface area (Å²) >= 11 is 0. The molecule has 1 aliphatic rings. The fraction of sp³-hybridized carbons (Fsp3) is 0.320. The highest BCUT2D eigenvalue weighted by molar-refractivity contribution is 5.97. The minimum absolute atomic E-state index is 0.0198. The molecule has 1 amide bonds. The van der Waals surface area contributed by atoms with Crippen LogP contribution in [0.15, 0.2) is 47.1 Å². The van der Waals surface area contributed by atoms with E-state index < -0.39 is 18.5 Å². The molecule has 1 aromatic heterocycles. The third kappa shape index (κ3) is 4.45. The first-order chi connectivity index (χ1) is 15.6. The van der Waals surface area contributed by atoms with Crippen molar-refractivity contribution in [3.63, 3.8) is 0 Å². The molecule has 7 heteroatoms. The van der Waals surface area contributed by atoms with Crippen LogP contribution in [0.5, 0.6) is 5.75 Å². The van der Waals surface area contributed by atoms with Crippen LogP contribution < -0.4 is 9.64 Å². The van der Waals surface area contributed by atoms with Gasteiger partial charge in [0.25, 0.3) is 5.91 Å². The van der Waals surface area contributed by atoms with Crippen molar-refractivity contribution in [2.24, 2.45) is 0 Å². The molecule has 0 radical (unpaired) electrons. The minimum atomic E-state index is -0.512. The van der Waals surface area contributed by atoms with E-state index in [2.05, 4.69) is 12.1 Å². The summed E-state index contributed by atoms with van der Waals surface area (Å²) in [7, 11) is 1.51. The van der Waals surface area contributed by atoms with Gasteiger partial charge in [-0.3, -0.25) is 9.59 Å². The van der Waals surface area contributed by atoms with Crippen molar-refractivity contribution in [2.75, 3.05) is 25.2 Å². The van der Waals surface area contributed by atoms with Crippen LogP contribution in [0.25, 0.3) is 11.0 Å². The first kappa shape index (κ1) is 21.4. The van der Waals surface area contributed by atoms with Crippen LogP contribution in [0, 0.1) is 11.3 Å². The van der Waals surface area contributed by atoms with Gasteiger partial charge in [0.2, 0.25) is 0 Å². The number of methoxy groups -OCH3 is 1. The lowest BCUT2D eigenvalue weighted by Gasteiger charge is -2.23. The number of carbonyl (C=O) groups is 2. The molecule has 0 N–H and O–H groups in total. The summed E-state index contributed by atoms with van der Waals surface area (Å²) in [5, 5.41) is 9.88. The predicted octanol–water partition coefficient (Wildman–Crippen LogP) is 3.96. The van der Waals surface area contributed by atoms with Crippen molar-refractivity contribution >= 4 is 28.5 Å². The topological polar surface area (TPSA) is 92.8 Å². The summed E-state index contributed by atoms with van der Waals surface area (Å²) in [6.07, 6.45) is 4.97. The van der Waals surface area contributed by atoms with Crippen molar-refractivity contribution in [3.05, 3.63) is 59.4 Å². The highest BCUT2D eigenvalue weighted by Crippen LogP contribution is 2.31. The zero-order chi connectivity index (χ0) is 22.5. The van der Waals surface area contributed by atoms with Gasteiger partial charge in [0, 0.05) is 17.5 Å². The molecule has 0 atom stereocenters. The van der Waals surface area contributed by atoms with Gasteiger partial charge < -0.3 is 18.8 Å². The Morgan fingerprint density at radius 3 is 2.75 bits per heavy atom. The van der Waals surface area contributed by atoms with Crippen molar-refractivity contribution in [2.45, 2.75) is 32.1 Å². The molecule has 164 valence electrons. The molecule has 0 bridgehead atoms. The summed E-state index contributed by atoms with van der Waals surface area (Å²) < 4.78 is 16.2. The summed E-state index contributed by atoms with van der Waals surface area (Å²) in [4.78, 5) is 26.7. The van der Waals surface area contributed by atoms with Crippen LogP contribution in [0.3, 0.4) is 0 Å². The Morgan fingerprint density at radius 2 is 1.97 bits per heavy atom. The lowest BCUT2D eigenvalue weighted by atomic mass is 10.0. The van der Waals surface area contributed by atoms with Gasteiger partial charge in [-0.1, -0.05) is 12.1 Å². The molecule has 1 heterocycles. The van der Waals surface area contributed by atoms with Gasteiger partial charge >= 0.3 is 5.97 Å². The predicted molar refractivity (Wildman–Crippen MR) is 118 cm³/mol. The molecule has 2 aromatic carbocycles. The Labute approximate surface area is 186 Å². The first-order valence-corrected chi connectivity index (χ1v) is 10.6. The van der Waals surface area contributed by atoms with Crippen LogP contribution in [-0.2, 0) is 33.6 Å². The molecule has 0 saturated carbocycles. The highest BCUT2D eigenvalue weighted by Gasteiger charge is 2.22. The molecule has 7 nitrogen and oxygen atoms in total. The van der Waals surface area contributed by atoms with E-state index in [1.54, 1.807) is 30.5 Å². The molecule has 0 aliphatic heterocycles. The summed E-state index contributed by atoms with van der Waals surface area (Å²) in [5.74, 6) is -0.433. The number of ether oxygens (including phenoxy) is 2. The number of carbonyl (C=O) groups excluding carboxylic acids is 2. The SMILES string of the molecule is COc1ccccc1N(CCC#N)C(=O)COC(=O)Cc1coc2cc3c(cc12)CCC3. The fourth-order valence-corrected chi connectivity index (χ4v) is 4.11. The number of fused-ring (bicyclic) bond motifs is 2. The molecule has 0 unspecified atom stereocenters. The molecule has 32 heavy (non-hydrogen) atoms. The zero-order valence-electron chi connectivity index (χ0n) is 17.9. The Kier molecular flexibility index (Phi) is 6.41. The van der Waals surface area contributed by atoms with Crippen LogP contribution in [0.1, 0.15) is 29.5 Å². The number of hydrogen-bond acceptors (Lipinski definition) is 6. The van der Waals surface area contributed by atoms with E-state index >= 15 is 0 Å². The van der Waals surface area contributed by atoms with Gasteiger partial charge in [0.15, 0.2) is 6.61 Å². The quantitative estimate of drug-likeness (QED) is 0.500. The molecule has 0 spiro atoms. The van der Waals surface area contributed by atoms with Gasteiger partial charge in [-0.05, 0) is 54.7 Å². The number of benzene rings is 2. The van der Waals surface area contributed by atoms with E-state index in [1.165, 1.54) is 23.1 Å². The maximum atomic E-state index is 12.8. The first-order valence-electron chi connectivity index (χ1n) is 10.6. The number of amides is 1. The smallest absolute Gasteiger partial charge is 0.310 e. The Balaban J connectivity index is 1.43. The number of aryl methyl sites for hydroxylation is 2. The van der Waals surface area contributed by atoms with Gasteiger partial charge in [-0.15, -0.1) is 0 Å². The van der Waals surface area contributed by atoms with Gasteiger partial charge in [-0.2, -0.15) is 5.26 Å². The third-order valence-corrected chi connectivity index (χ3v) is 5.68. The standard InChI is InChI=1S/C25H24N2O5/c1-30-22-9-3-2-8-21(22)27(11-5-10-26)24(28)16-32-25(29)14-19-15-31-23-13-18-7-4-6-17(18)12-20(19)23/h2-3,8-9,12-13,15H,4-7,11,14,16H2,1H3. The van der Waals surface area contributed by atoms with Crippen molar-refractivity contribution < 1.29 is 23.5 Å². The Morgan fingerprint density at radius 1 is 1.19 bits per heavy atom. The van der Waals surface area contributed by atoms with Crippen LogP contribution in [0.2, 0.25) is 0 Å². The van der Waals surface area contributed by atoms with E-state index in [0.717, 1.165) is 35.8 Å². The van der Waals surface area contributed by atoms with Crippen molar-refractivity contribution in [3.8, 4) is 11.8 Å². The number of rotatable bonds is 8. The number of furan rings is 1. The normalized spacial score (nSPS) is 12.2. The summed E-state index contributed by atoms with van der Waals surface area (Å²) in [6, 6.07) is 13.2. The molecule has 0 saturated heterocycles. The average Bonchev–Trinajstić information content (AvgIpc) is 3.43. The highest BCUT2D eigenvalue weighted by atomic mass is 16.5. The van der Waals surface area contributed by atoms with Crippen molar-refractivity contribution in [1.82, 2.24) is 0 Å². The fourth-order valence-electron chi connectivity index (χ4n) is 4.11. The summed E-state index contributed by atoms with van der Waals surface area (Å²) in [5.41, 5.74) is 4.65. The largest absolute Gasteiger partial charge is 0.495 e. The van der Waals surface area contributed by atoms with E-state index in [1.807, 2.05) is 6.07 Å². The van der Waals surface area contributed by atoms with Gasteiger partial charge in [0.1, 0.15) is 11.3 Å². The van der Waals surface area contributed by atoms with Gasteiger partial charge in [-0.25, -0.2) is 0 Å². The van der Waals surface area contributed by atoms with Crippen LogP contribution in [0.4, 0.5) is 5.69 Å². The zero-order valence-corrected chi connectivity index (χ0v) is 17.9. The number of hydrogen-bond donors (Lipinski definition) is 0. The second-order valence-electron chi connectivity index (χ2n) is 7.69. The third-order valence-electron chi connectivity index (χ3n) is 5.68. The number of anilines is 1. The lowest BCUT2D eigenvalue weighted by Crippen LogP contribution is -2.36. The molecular formula is C25H24N2O5. The lowest BCUT2D eigenvalue weighted by molar-refractivity contribution is -0.147. The minimum Gasteiger partial charge on any atom is -0.495 e. The monoisotopic (exact) mass is 432 g/mol. The van der Waals surface area contributed by atoms with Gasteiger partial charge in [0.05, 0.1) is 38.0 Å². The molecule has 0 fully saturated rings. The van der Waals surface area contributed by atoms with Crippen molar-refractivity contribution in [1.29, 1.82) is 5.26 Å². The maximum Gasteiger partial charge on any atom is 0.310 e. The van der Waals surface area contributed by atoms with E-state index in [4.69, 9.17) is 19.2 Å². The second kappa shape index (κ2) is 9.56. The summed E-state index contributed by atoms with van der Waals surface area (Å²) in [6.45, 7) is -0.252. The second-order valence-corrected chi connectivity index (χ2v) is 7.69. The number of nitriles is 1. The van der Waals surface area contributed by atoms with Crippen LogP contribution >= 0.6 is 0 Å². The molecular weight excluding hydrogens is 408 g/mol. The maximum absolute atomic E-state index is 12.8. The Hall–Kier alpha value is -3.79. The van der Waals surface area contributed by atoms with E-state index in [-0.39, 0.29) is 19.4 Å². The Bertz CT molecular complexity index is 1190. The molecule has 3 aromatic rings. The number of nitrogens with zero attached hydrogens (tertiary/aromatic N) is 2.